The SMILES string of the molecule is CC(=O)[C@]1(O)[C@](O)(C(C)=O)[C@@H](C(=O)C(C)O)O[C@@H](SCC#N)[C@@]1(O)C(C)=O. The molecule has 1 saturated heterocycles. The molecule has 0 aromatic heterocycles. The molecule has 6 atom stereocenters. The van der Waals surface area contributed by atoms with Crippen LogP contribution in [0.4, 0.5) is 0 Å². The molecule has 11 heteroatoms. The number of ether oxygens (including phenoxy) is 1. The normalized spacial score (nSPS) is 37.1. The average molecular weight is 403 g/mol. The number of aliphatic hydroxyl groups is 4. The summed E-state index contributed by atoms with van der Waals surface area (Å²) in [6.45, 7) is 3.23. The lowest BCUT2D eigenvalue weighted by Crippen LogP contribution is -2.86. The number of rotatable bonds is 7. The number of Topliss-reactive ketones (excluding diaryl/α,β-unsaturated/α-hetero) is 4. The minimum atomic E-state index is -3.47. The van der Waals surface area contributed by atoms with Crippen molar-refractivity contribution in [2.45, 2.75) is 62.1 Å². The largest absolute Gasteiger partial charge is 0.386 e. The van der Waals surface area contributed by atoms with Crippen molar-refractivity contribution in [2.75, 3.05) is 5.75 Å². The predicted octanol–water partition coefficient (Wildman–Crippen LogP) is -2.12. The van der Waals surface area contributed by atoms with Crippen LogP contribution in [0.1, 0.15) is 27.7 Å². The molecule has 1 heterocycles. The fourth-order valence-corrected chi connectivity index (χ4v) is 4.13. The lowest BCUT2D eigenvalue weighted by molar-refractivity contribution is -0.297. The monoisotopic (exact) mass is 403 g/mol. The first-order chi connectivity index (χ1) is 12.2. The van der Waals surface area contributed by atoms with E-state index in [4.69, 9.17) is 10.00 Å². The lowest BCUT2D eigenvalue weighted by Gasteiger charge is -2.57. The Balaban J connectivity index is 3.90. The average Bonchev–Trinajstić information content (AvgIpc) is 2.57. The quantitative estimate of drug-likeness (QED) is 0.364. The summed E-state index contributed by atoms with van der Waals surface area (Å²) in [5.74, 6) is -5.61. The van der Waals surface area contributed by atoms with Crippen molar-refractivity contribution in [2.24, 2.45) is 0 Å². The standard InChI is InChI=1S/C16H21NO9S/c1-7(18)11(22)12-14(23,8(2)19)16(25,10(4)21)15(24,9(3)20)13(26-12)27-6-5-17/h7,12-13,18,23-25H,6H2,1-4H3/t7?,12-,13+,14+,15+,16+/m1/s1. The lowest BCUT2D eigenvalue weighted by atomic mass is 9.60. The first-order valence-electron chi connectivity index (χ1n) is 7.80. The Morgan fingerprint density at radius 2 is 1.56 bits per heavy atom. The van der Waals surface area contributed by atoms with E-state index in [-0.39, 0.29) is 5.75 Å². The highest BCUT2D eigenvalue weighted by atomic mass is 32.2. The van der Waals surface area contributed by atoms with Gasteiger partial charge in [0, 0.05) is 0 Å². The molecule has 0 aromatic carbocycles. The van der Waals surface area contributed by atoms with Crippen molar-refractivity contribution in [3.05, 3.63) is 0 Å². The van der Waals surface area contributed by atoms with E-state index >= 15 is 0 Å². The number of thioether (sulfide) groups is 1. The zero-order valence-electron chi connectivity index (χ0n) is 15.1. The molecule has 10 nitrogen and oxygen atoms in total. The molecule has 0 aliphatic carbocycles. The highest BCUT2D eigenvalue weighted by Gasteiger charge is 2.79. The van der Waals surface area contributed by atoms with E-state index in [1.165, 1.54) is 0 Å². The van der Waals surface area contributed by atoms with Gasteiger partial charge < -0.3 is 25.2 Å². The number of aliphatic hydroxyl groups excluding tert-OH is 1. The second-order valence-corrected chi connectivity index (χ2v) is 7.36. The Morgan fingerprint density at radius 3 is 1.89 bits per heavy atom. The van der Waals surface area contributed by atoms with Crippen molar-refractivity contribution in [3.63, 3.8) is 0 Å². The van der Waals surface area contributed by atoms with E-state index in [9.17, 15) is 39.6 Å². The summed E-state index contributed by atoms with van der Waals surface area (Å²) < 4.78 is 5.26. The minimum absolute atomic E-state index is 0.387. The number of ketones is 4. The Morgan fingerprint density at radius 1 is 1.07 bits per heavy atom. The number of hydrogen-bond acceptors (Lipinski definition) is 11. The van der Waals surface area contributed by atoms with Crippen LogP contribution in [0, 0.1) is 11.3 Å². The van der Waals surface area contributed by atoms with Crippen LogP contribution < -0.4 is 0 Å². The van der Waals surface area contributed by atoms with E-state index < -0.39 is 57.6 Å². The smallest absolute Gasteiger partial charge is 0.201 e. The van der Waals surface area contributed by atoms with Crippen molar-refractivity contribution >= 4 is 34.9 Å². The number of nitriles is 1. The van der Waals surface area contributed by atoms with Gasteiger partial charge in [-0.25, -0.2) is 0 Å². The first-order valence-corrected chi connectivity index (χ1v) is 8.85. The predicted molar refractivity (Wildman–Crippen MR) is 90.3 cm³/mol. The van der Waals surface area contributed by atoms with Crippen LogP contribution in [-0.4, -0.2) is 83.8 Å². The van der Waals surface area contributed by atoms with E-state index in [1.54, 1.807) is 6.07 Å². The van der Waals surface area contributed by atoms with Gasteiger partial charge in [-0.2, -0.15) is 5.26 Å². The molecule has 1 aliphatic rings. The molecule has 0 spiro atoms. The van der Waals surface area contributed by atoms with Gasteiger partial charge in [0.1, 0.15) is 11.5 Å². The summed E-state index contributed by atoms with van der Waals surface area (Å²) in [5, 5.41) is 51.4. The molecule has 0 radical (unpaired) electrons. The molecule has 1 fully saturated rings. The van der Waals surface area contributed by atoms with E-state index in [0.29, 0.717) is 18.7 Å². The van der Waals surface area contributed by atoms with E-state index in [0.717, 1.165) is 20.8 Å². The molecule has 150 valence electrons. The summed E-state index contributed by atoms with van der Waals surface area (Å²) in [4.78, 5) is 49.2. The van der Waals surface area contributed by atoms with Crippen LogP contribution in [-0.2, 0) is 23.9 Å². The van der Waals surface area contributed by atoms with Crippen LogP contribution in [0.25, 0.3) is 0 Å². The Bertz CT molecular complexity index is 717. The van der Waals surface area contributed by atoms with Gasteiger partial charge in [0.15, 0.2) is 40.4 Å². The fraction of sp³-hybridized carbons (Fsp3) is 0.688. The van der Waals surface area contributed by atoms with Gasteiger partial charge in [0.2, 0.25) is 5.60 Å². The molecule has 1 aliphatic heterocycles. The van der Waals surface area contributed by atoms with Crippen molar-refractivity contribution in [1.82, 2.24) is 0 Å². The van der Waals surface area contributed by atoms with Crippen molar-refractivity contribution in [1.29, 1.82) is 5.26 Å². The third-order valence-corrected chi connectivity index (χ3v) is 5.69. The number of carbonyl (C=O) groups is 4. The minimum Gasteiger partial charge on any atom is -0.386 e. The zero-order chi connectivity index (χ0) is 21.4. The van der Waals surface area contributed by atoms with Crippen LogP contribution in [0.15, 0.2) is 0 Å². The van der Waals surface area contributed by atoms with Crippen LogP contribution in [0.3, 0.4) is 0 Å². The zero-order valence-corrected chi connectivity index (χ0v) is 15.9. The van der Waals surface area contributed by atoms with Crippen molar-refractivity contribution in [3.8, 4) is 6.07 Å². The number of nitrogens with zero attached hydrogens (tertiary/aromatic N) is 1. The van der Waals surface area contributed by atoms with Gasteiger partial charge in [0.05, 0.1) is 11.8 Å². The molecule has 4 N–H and O–H groups in total. The third-order valence-electron chi connectivity index (χ3n) is 4.64. The maximum atomic E-state index is 12.4. The molecule has 0 saturated carbocycles. The Labute approximate surface area is 159 Å². The molecule has 1 rings (SSSR count). The maximum absolute atomic E-state index is 12.4. The topological polar surface area (TPSA) is 182 Å². The highest BCUT2D eigenvalue weighted by Crippen LogP contribution is 2.49. The summed E-state index contributed by atoms with van der Waals surface area (Å²) in [6.07, 6.45) is -4.05. The highest BCUT2D eigenvalue weighted by molar-refractivity contribution is 8.00. The third kappa shape index (κ3) is 3.12. The van der Waals surface area contributed by atoms with Gasteiger partial charge in [0.25, 0.3) is 0 Å². The second kappa shape index (κ2) is 7.75. The van der Waals surface area contributed by atoms with Gasteiger partial charge in [-0.05, 0) is 27.7 Å². The van der Waals surface area contributed by atoms with Gasteiger partial charge in [-0.1, -0.05) is 0 Å². The van der Waals surface area contributed by atoms with Crippen molar-refractivity contribution < 1.29 is 44.3 Å². The second-order valence-electron chi connectivity index (χ2n) is 6.31. The molecule has 0 bridgehead atoms. The van der Waals surface area contributed by atoms with Crippen LogP contribution >= 0.6 is 11.8 Å². The molecular weight excluding hydrogens is 382 g/mol. The van der Waals surface area contributed by atoms with Crippen LogP contribution in [0.5, 0.6) is 0 Å². The van der Waals surface area contributed by atoms with Gasteiger partial charge in [-0.15, -0.1) is 11.8 Å². The molecule has 0 amide bonds. The van der Waals surface area contributed by atoms with Gasteiger partial charge in [-0.3, -0.25) is 19.2 Å². The number of hydrogen-bond donors (Lipinski definition) is 4. The van der Waals surface area contributed by atoms with E-state index in [2.05, 4.69) is 0 Å². The number of carbonyl (C=O) groups excluding carboxylic acids is 4. The Hall–Kier alpha value is -1.68. The fourth-order valence-electron chi connectivity index (χ4n) is 3.13. The summed E-state index contributed by atoms with van der Waals surface area (Å²) in [5.41, 5.74) is -11.9. The maximum Gasteiger partial charge on any atom is 0.201 e. The summed E-state index contributed by atoms with van der Waals surface area (Å²) >= 11 is 0.475. The Kier molecular flexibility index (Phi) is 6.70. The molecular formula is C16H21NO9S. The molecule has 27 heavy (non-hydrogen) atoms. The molecule has 0 aromatic rings. The summed E-state index contributed by atoms with van der Waals surface area (Å²) in [7, 11) is 0. The first kappa shape index (κ1) is 23.4. The summed E-state index contributed by atoms with van der Waals surface area (Å²) in [6, 6.07) is 1.69. The van der Waals surface area contributed by atoms with Crippen LogP contribution in [0.2, 0.25) is 0 Å². The molecule has 1 unspecified atom stereocenters. The van der Waals surface area contributed by atoms with Gasteiger partial charge >= 0.3 is 0 Å². The van der Waals surface area contributed by atoms with E-state index in [1.807, 2.05) is 0 Å².